The molecule has 0 aromatic heterocycles. The summed E-state index contributed by atoms with van der Waals surface area (Å²) in [6, 6.07) is 0. The van der Waals surface area contributed by atoms with E-state index in [0.717, 1.165) is 0 Å². The highest BCUT2D eigenvalue weighted by Crippen LogP contribution is 2.60. The fraction of sp³-hybridized carbons (Fsp3) is 0.867. The molecular formula is C15H36O4Si4. The molecular weight excluding hydrogens is 357 g/mol. The van der Waals surface area contributed by atoms with E-state index in [1.165, 1.54) is 13.8 Å². The van der Waals surface area contributed by atoms with Crippen molar-refractivity contribution < 1.29 is 18.4 Å². The van der Waals surface area contributed by atoms with Crippen LogP contribution in [0.25, 0.3) is 0 Å². The Kier molecular flexibility index (Phi) is 6.55. The molecule has 0 fully saturated rings. The van der Waals surface area contributed by atoms with Gasteiger partial charge in [-0.05, 0) is 26.2 Å². The number of carbonyl (C=O) groups is 2. The zero-order chi connectivity index (χ0) is 19.1. The van der Waals surface area contributed by atoms with Crippen molar-refractivity contribution in [2.45, 2.75) is 83.2 Å². The molecule has 0 aliphatic rings. The van der Waals surface area contributed by atoms with Crippen LogP contribution in [0.2, 0.25) is 69.4 Å². The van der Waals surface area contributed by atoms with Crippen LogP contribution >= 0.6 is 0 Å². The van der Waals surface area contributed by atoms with Gasteiger partial charge in [0, 0.05) is 17.8 Å². The summed E-state index contributed by atoms with van der Waals surface area (Å²) in [5.74, 6) is -0.426. The van der Waals surface area contributed by atoms with E-state index in [2.05, 4.69) is 65.5 Å². The Morgan fingerprint density at radius 1 is 0.609 bits per heavy atom. The van der Waals surface area contributed by atoms with Gasteiger partial charge in [0.2, 0.25) is 0 Å². The Bertz CT molecular complexity index is 429. The fourth-order valence-corrected chi connectivity index (χ4v) is 52.7. The van der Waals surface area contributed by atoms with Crippen molar-refractivity contribution in [3.63, 3.8) is 0 Å². The standard InChI is InChI=1S/C15H36O4Si4/c1-13(16)18-22(9,10)15(20(3,4)5,21(6,7)8)23(11,12)19-14(2)17/h1-12H3. The minimum absolute atomic E-state index is 0.0999. The topological polar surface area (TPSA) is 52.6 Å². The van der Waals surface area contributed by atoms with Crippen LogP contribution in [-0.2, 0) is 18.4 Å². The molecule has 0 aromatic rings. The highest BCUT2D eigenvalue weighted by molar-refractivity contribution is 7.27. The first-order chi connectivity index (χ1) is 9.83. The van der Waals surface area contributed by atoms with Gasteiger partial charge in [-0.1, -0.05) is 39.3 Å². The van der Waals surface area contributed by atoms with Crippen molar-refractivity contribution in [2.24, 2.45) is 0 Å². The molecule has 0 aliphatic heterocycles. The predicted octanol–water partition coefficient (Wildman–Crippen LogP) is 4.56. The quantitative estimate of drug-likeness (QED) is 0.622. The highest BCUT2D eigenvalue weighted by Gasteiger charge is 2.73. The lowest BCUT2D eigenvalue weighted by Crippen LogP contribution is -2.78. The summed E-state index contributed by atoms with van der Waals surface area (Å²) < 4.78 is 12.0. The van der Waals surface area contributed by atoms with E-state index in [0.29, 0.717) is 0 Å². The Labute approximate surface area is 146 Å². The van der Waals surface area contributed by atoms with E-state index < -0.39 is 32.8 Å². The average molecular weight is 393 g/mol. The van der Waals surface area contributed by atoms with Gasteiger partial charge in [0.25, 0.3) is 28.6 Å². The molecule has 0 aliphatic carbocycles. The summed E-state index contributed by atoms with van der Waals surface area (Å²) in [5, 5.41) is 0. The molecule has 4 nitrogen and oxygen atoms in total. The minimum Gasteiger partial charge on any atom is -0.520 e. The molecule has 0 rings (SSSR count). The molecule has 0 bridgehead atoms. The van der Waals surface area contributed by atoms with Gasteiger partial charge in [-0.2, -0.15) is 0 Å². The summed E-state index contributed by atoms with van der Waals surface area (Å²) >= 11 is 0. The fourth-order valence-electron chi connectivity index (χ4n) is 6.33. The number of hydrogen-bond acceptors (Lipinski definition) is 4. The molecule has 0 saturated heterocycles. The van der Waals surface area contributed by atoms with E-state index in [9.17, 15) is 9.59 Å². The first kappa shape index (κ1) is 22.8. The lowest BCUT2D eigenvalue weighted by atomic mass is 10.9. The third-order valence-corrected chi connectivity index (χ3v) is 38.9. The first-order valence-corrected chi connectivity index (χ1v) is 21.0. The highest BCUT2D eigenvalue weighted by atomic mass is 28.5. The molecule has 0 aromatic carbocycles. The second-order valence-corrected chi connectivity index (χ2v) is 30.9. The van der Waals surface area contributed by atoms with E-state index in [1.54, 1.807) is 0 Å². The zero-order valence-electron chi connectivity index (χ0n) is 17.1. The van der Waals surface area contributed by atoms with Crippen molar-refractivity contribution in [3.05, 3.63) is 0 Å². The predicted molar refractivity (Wildman–Crippen MR) is 108 cm³/mol. The maximum Gasteiger partial charge on any atom is 0.289 e. The molecule has 23 heavy (non-hydrogen) atoms. The van der Waals surface area contributed by atoms with Gasteiger partial charge >= 0.3 is 0 Å². The van der Waals surface area contributed by atoms with Crippen LogP contribution in [0.1, 0.15) is 13.8 Å². The van der Waals surface area contributed by atoms with Crippen molar-refractivity contribution in [2.75, 3.05) is 0 Å². The average Bonchev–Trinajstić information content (AvgIpc) is 2.03. The molecule has 0 amide bonds. The van der Waals surface area contributed by atoms with Crippen LogP contribution in [0.15, 0.2) is 0 Å². The Balaban J connectivity index is 6.82. The van der Waals surface area contributed by atoms with Crippen LogP contribution in [0.4, 0.5) is 0 Å². The maximum atomic E-state index is 11.9. The second-order valence-electron chi connectivity index (χ2n) is 9.46. The van der Waals surface area contributed by atoms with Crippen LogP contribution in [0.3, 0.4) is 0 Å². The third kappa shape index (κ3) is 4.08. The summed E-state index contributed by atoms with van der Waals surface area (Å²) in [6.07, 6.45) is 0. The van der Waals surface area contributed by atoms with E-state index in [4.69, 9.17) is 8.85 Å². The number of rotatable bonds is 6. The lowest BCUT2D eigenvalue weighted by molar-refractivity contribution is -0.133. The Morgan fingerprint density at radius 2 is 0.826 bits per heavy atom. The Hall–Kier alpha value is -0.192. The molecule has 0 N–H and O–H groups in total. The second kappa shape index (κ2) is 6.61. The van der Waals surface area contributed by atoms with Crippen molar-refractivity contribution >= 4 is 44.7 Å². The smallest absolute Gasteiger partial charge is 0.289 e. The van der Waals surface area contributed by atoms with Crippen molar-refractivity contribution in [1.29, 1.82) is 0 Å². The van der Waals surface area contributed by atoms with Gasteiger partial charge in [-0.25, -0.2) is 0 Å². The largest absolute Gasteiger partial charge is 0.520 e. The summed E-state index contributed by atoms with van der Waals surface area (Å²) in [6.45, 7) is 25.7. The van der Waals surface area contributed by atoms with Gasteiger partial charge in [-0.3, -0.25) is 9.59 Å². The molecule has 0 atom stereocenters. The molecule has 8 heteroatoms. The van der Waals surface area contributed by atoms with Crippen molar-refractivity contribution in [1.82, 2.24) is 0 Å². The van der Waals surface area contributed by atoms with Gasteiger partial charge in [-0.15, -0.1) is 0 Å². The molecule has 0 heterocycles. The van der Waals surface area contributed by atoms with Crippen LogP contribution < -0.4 is 0 Å². The molecule has 0 spiro atoms. The van der Waals surface area contributed by atoms with Crippen LogP contribution in [-0.4, -0.2) is 44.7 Å². The van der Waals surface area contributed by atoms with E-state index in [-0.39, 0.29) is 15.8 Å². The van der Waals surface area contributed by atoms with Gasteiger partial charge < -0.3 is 8.85 Å². The zero-order valence-corrected chi connectivity index (χ0v) is 21.1. The van der Waals surface area contributed by atoms with E-state index >= 15 is 0 Å². The normalized spacial score (nSPS) is 14.4. The van der Waals surface area contributed by atoms with Gasteiger partial charge in [0.1, 0.15) is 0 Å². The SMILES string of the molecule is CC(=O)O[Si](C)(C)C([Si](C)(C)C)([Si](C)(C)C)[Si](C)(C)OC(C)=O. The third-order valence-electron chi connectivity index (χ3n) is 4.85. The molecule has 0 radical (unpaired) electrons. The van der Waals surface area contributed by atoms with Crippen molar-refractivity contribution in [3.8, 4) is 0 Å². The maximum absolute atomic E-state index is 11.9. The molecule has 136 valence electrons. The van der Waals surface area contributed by atoms with Gasteiger partial charge in [0.15, 0.2) is 0 Å². The summed E-state index contributed by atoms with van der Waals surface area (Å²) in [5.41, 5.74) is 0. The molecule has 0 saturated carbocycles. The summed E-state index contributed by atoms with van der Waals surface area (Å²) in [7, 11) is -8.61. The van der Waals surface area contributed by atoms with Crippen LogP contribution in [0.5, 0.6) is 0 Å². The molecule has 0 unspecified atom stereocenters. The Morgan fingerprint density at radius 3 is 0.957 bits per heavy atom. The number of hydrogen-bond donors (Lipinski definition) is 0. The minimum atomic E-state index is -2.46. The first-order valence-electron chi connectivity index (χ1n) is 8.22. The lowest BCUT2D eigenvalue weighted by Gasteiger charge is -2.63. The van der Waals surface area contributed by atoms with Gasteiger partial charge in [0.05, 0.1) is 16.1 Å². The summed E-state index contributed by atoms with van der Waals surface area (Å²) in [4.78, 5) is 23.7. The number of carbonyl (C=O) groups excluding carboxylic acids is 2. The van der Waals surface area contributed by atoms with E-state index in [1.807, 2.05) is 0 Å². The van der Waals surface area contributed by atoms with Crippen LogP contribution in [0, 0.1) is 0 Å². The monoisotopic (exact) mass is 392 g/mol.